The first-order chi connectivity index (χ1) is 17.9. The Hall–Kier alpha value is -3.92. The average Bonchev–Trinajstić information content (AvgIpc) is 3.62. The first-order valence-electron chi connectivity index (χ1n) is 12.5. The van der Waals surface area contributed by atoms with Crippen molar-refractivity contribution in [3.63, 3.8) is 0 Å². The van der Waals surface area contributed by atoms with Crippen LogP contribution in [-0.2, 0) is 19.1 Å². The number of nitrogens with one attached hydrogen (secondary N) is 1. The van der Waals surface area contributed by atoms with Crippen molar-refractivity contribution in [3.8, 4) is 11.1 Å². The highest BCUT2D eigenvalue weighted by Gasteiger charge is 2.45. The van der Waals surface area contributed by atoms with Crippen LogP contribution in [0.2, 0.25) is 0 Å². The highest BCUT2D eigenvalue weighted by atomic mass is 16.5. The van der Waals surface area contributed by atoms with Crippen molar-refractivity contribution >= 4 is 23.9 Å². The first kappa shape index (κ1) is 24.8. The molecular formula is C27H29N3O7. The molecule has 0 radical (unpaired) electrons. The number of ether oxygens (including phenoxy) is 1. The maximum atomic E-state index is 13.1. The number of likely N-dealkylation sites (tertiary alicyclic amines) is 2. The van der Waals surface area contributed by atoms with Gasteiger partial charge in [-0.05, 0) is 47.9 Å². The minimum Gasteiger partial charge on any atom is -0.480 e. The van der Waals surface area contributed by atoms with Gasteiger partial charge in [-0.2, -0.15) is 0 Å². The Bertz CT molecular complexity index is 1190. The van der Waals surface area contributed by atoms with Crippen molar-refractivity contribution in [2.24, 2.45) is 0 Å². The van der Waals surface area contributed by atoms with Crippen LogP contribution in [0.1, 0.15) is 42.7 Å². The van der Waals surface area contributed by atoms with Crippen LogP contribution in [0.5, 0.6) is 0 Å². The van der Waals surface area contributed by atoms with Gasteiger partial charge in [0, 0.05) is 12.5 Å². The third kappa shape index (κ3) is 4.64. The van der Waals surface area contributed by atoms with E-state index < -0.39 is 42.2 Å². The topological polar surface area (TPSA) is 136 Å². The molecule has 5 rings (SSSR count). The standard InChI is InChI=1S/C27H29N3O7/c31-23-12-11-22(26(34)35)30(23)25(33)21-10-5-13-29(21)24(32)14-28-27(36)37-15-20-18-8-3-1-6-16(18)17-7-2-4-9-19(17)20/h1-4,6-9,20-23,31H,5,10-15H2,(H,28,36)(H,34,35)/t21-,22+,23-/m1/s1. The zero-order valence-electron chi connectivity index (χ0n) is 20.2. The molecule has 194 valence electrons. The Kier molecular flexibility index (Phi) is 6.84. The highest BCUT2D eigenvalue weighted by molar-refractivity contribution is 5.92. The maximum absolute atomic E-state index is 13.1. The minimum absolute atomic E-state index is 0.108. The predicted octanol–water partition coefficient (Wildman–Crippen LogP) is 1.91. The van der Waals surface area contributed by atoms with Gasteiger partial charge in [0.25, 0.3) is 0 Å². The summed E-state index contributed by atoms with van der Waals surface area (Å²) in [5.41, 5.74) is 4.38. The van der Waals surface area contributed by atoms with E-state index in [1.807, 2.05) is 48.5 Å². The lowest BCUT2D eigenvalue weighted by atomic mass is 9.98. The number of alkyl carbamates (subject to hydrolysis) is 1. The third-order valence-electron chi connectivity index (χ3n) is 7.48. The highest BCUT2D eigenvalue weighted by Crippen LogP contribution is 2.44. The van der Waals surface area contributed by atoms with Gasteiger partial charge in [0.15, 0.2) is 0 Å². The number of benzene rings is 2. The number of aliphatic hydroxyl groups excluding tert-OH is 1. The number of aliphatic hydroxyl groups is 1. The van der Waals surface area contributed by atoms with Crippen molar-refractivity contribution in [1.82, 2.24) is 15.1 Å². The fourth-order valence-corrected chi connectivity index (χ4v) is 5.73. The quantitative estimate of drug-likeness (QED) is 0.543. The fourth-order valence-electron chi connectivity index (χ4n) is 5.73. The number of carbonyl (C=O) groups is 4. The molecule has 2 saturated heterocycles. The summed E-state index contributed by atoms with van der Waals surface area (Å²) >= 11 is 0. The summed E-state index contributed by atoms with van der Waals surface area (Å²) in [4.78, 5) is 52.2. The molecular weight excluding hydrogens is 478 g/mol. The number of rotatable bonds is 6. The van der Waals surface area contributed by atoms with E-state index >= 15 is 0 Å². The summed E-state index contributed by atoms with van der Waals surface area (Å²) in [5, 5.41) is 22.1. The molecule has 10 heteroatoms. The fraction of sp³-hybridized carbons (Fsp3) is 0.407. The number of fused-ring (bicyclic) bond motifs is 3. The van der Waals surface area contributed by atoms with E-state index in [0.717, 1.165) is 27.2 Å². The second-order valence-corrected chi connectivity index (χ2v) is 9.58. The van der Waals surface area contributed by atoms with Gasteiger partial charge in [-0.3, -0.25) is 9.59 Å². The lowest BCUT2D eigenvalue weighted by molar-refractivity contribution is -0.158. The molecule has 0 spiro atoms. The van der Waals surface area contributed by atoms with Crippen molar-refractivity contribution in [2.75, 3.05) is 19.7 Å². The monoisotopic (exact) mass is 507 g/mol. The summed E-state index contributed by atoms with van der Waals surface area (Å²) in [6, 6.07) is 14.0. The van der Waals surface area contributed by atoms with Gasteiger partial charge in [0.05, 0.1) is 0 Å². The number of carbonyl (C=O) groups excluding carboxylic acids is 3. The average molecular weight is 508 g/mol. The maximum Gasteiger partial charge on any atom is 0.407 e. The summed E-state index contributed by atoms with van der Waals surface area (Å²) in [6.45, 7) is 0.0664. The minimum atomic E-state index is -1.19. The molecule has 2 aliphatic heterocycles. The van der Waals surface area contributed by atoms with Crippen LogP contribution < -0.4 is 5.32 Å². The second kappa shape index (κ2) is 10.2. The zero-order valence-corrected chi connectivity index (χ0v) is 20.2. The van der Waals surface area contributed by atoms with Crippen LogP contribution in [0.15, 0.2) is 48.5 Å². The predicted molar refractivity (Wildman–Crippen MR) is 131 cm³/mol. The van der Waals surface area contributed by atoms with E-state index in [9.17, 15) is 29.4 Å². The molecule has 0 aromatic heterocycles. The number of carboxylic acid groups (broad SMARTS) is 1. The van der Waals surface area contributed by atoms with Gasteiger partial charge >= 0.3 is 12.1 Å². The molecule has 0 bridgehead atoms. The third-order valence-corrected chi connectivity index (χ3v) is 7.48. The second-order valence-electron chi connectivity index (χ2n) is 9.58. The molecule has 10 nitrogen and oxygen atoms in total. The van der Waals surface area contributed by atoms with Crippen LogP contribution in [0, 0.1) is 0 Å². The first-order valence-corrected chi connectivity index (χ1v) is 12.5. The molecule has 37 heavy (non-hydrogen) atoms. The number of carboxylic acids is 1. The smallest absolute Gasteiger partial charge is 0.407 e. The molecule has 3 N–H and O–H groups in total. The Morgan fingerprint density at radius 1 is 0.919 bits per heavy atom. The molecule has 0 unspecified atom stereocenters. The van der Waals surface area contributed by atoms with Gasteiger partial charge in [-0.25, -0.2) is 9.59 Å². The van der Waals surface area contributed by atoms with E-state index in [0.29, 0.717) is 19.4 Å². The molecule has 2 aromatic rings. The van der Waals surface area contributed by atoms with Crippen molar-refractivity contribution in [1.29, 1.82) is 0 Å². The Balaban J connectivity index is 1.17. The Morgan fingerprint density at radius 3 is 2.22 bits per heavy atom. The van der Waals surface area contributed by atoms with E-state index in [2.05, 4.69) is 5.32 Å². The van der Waals surface area contributed by atoms with Crippen molar-refractivity contribution < 1.29 is 34.1 Å². The van der Waals surface area contributed by atoms with Crippen LogP contribution in [0.3, 0.4) is 0 Å². The summed E-state index contributed by atoms with van der Waals surface area (Å²) in [6.07, 6.45) is -0.665. The summed E-state index contributed by atoms with van der Waals surface area (Å²) < 4.78 is 5.47. The van der Waals surface area contributed by atoms with Gasteiger partial charge in [0.2, 0.25) is 11.8 Å². The number of amides is 3. The molecule has 1 aliphatic carbocycles. The number of nitrogens with zero attached hydrogens (tertiary/aromatic N) is 2. The van der Waals surface area contributed by atoms with E-state index in [4.69, 9.17) is 4.74 Å². The van der Waals surface area contributed by atoms with Crippen LogP contribution in [0.4, 0.5) is 4.79 Å². The lowest BCUT2D eigenvalue weighted by Crippen LogP contribution is -2.54. The Morgan fingerprint density at radius 2 is 1.57 bits per heavy atom. The Labute approximate surface area is 213 Å². The van der Waals surface area contributed by atoms with Gasteiger partial charge in [-0.15, -0.1) is 0 Å². The normalized spacial score (nSPS) is 22.5. The number of hydrogen-bond donors (Lipinski definition) is 3. The molecule has 3 atom stereocenters. The summed E-state index contributed by atoms with van der Waals surface area (Å²) in [7, 11) is 0. The number of aliphatic carboxylic acids is 1. The molecule has 3 amide bonds. The van der Waals surface area contributed by atoms with Crippen molar-refractivity contribution in [2.45, 2.75) is 49.9 Å². The van der Waals surface area contributed by atoms with Gasteiger partial charge < -0.3 is 30.1 Å². The van der Waals surface area contributed by atoms with Gasteiger partial charge in [0.1, 0.15) is 31.5 Å². The van der Waals surface area contributed by atoms with Crippen molar-refractivity contribution in [3.05, 3.63) is 59.7 Å². The molecule has 0 saturated carbocycles. The SMILES string of the molecule is O=C(NCC(=O)N1CCC[C@@H]1C(=O)N1[C@H](O)CC[C@H]1C(=O)O)OCC1c2ccccc2-c2ccccc21. The number of hydrogen-bond acceptors (Lipinski definition) is 6. The molecule has 2 heterocycles. The van der Waals surface area contributed by atoms with Gasteiger partial charge in [-0.1, -0.05) is 48.5 Å². The molecule has 2 fully saturated rings. The molecule has 2 aromatic carbocycles. The van der Waals surface area contributed by atoms with Crippen LogP contribution in [-0.4, -0.2) is 81.9 Å². The van der Waals surface area contributed by atoms with Crippen LogP contribution in [0.25, 0.3) is 11.1 Å². The van der Waals surface area contributed by atoms with E-state index in [1.54, 1.807) is 0 Å². The summed E-state index contributed by atoms with van der Waals surface area (Å²) in [5.74, 6) is -2.34. The zero-order chi connectivity index (χ0) is 26.1. The molecule has 3 aliphatic rings. The largest absolute Gasteiger partial charge is 0.480 e. The van der Waals surface area contributed by atoms with Crippen LogP contribution >= 0.6 is 0 Å². The van der Waals surface area contributed by atoms with E-state index in [-0.39, 0.29) is 31.9 Å². The van der Waals surface area contributed by atoms with E-state index in [1.165, 1.54) is 4.90 Å². The lowest BCUT2D eigenvalue weighted by Gasteiger charge is -2.31.